The number of methoxy groups -OCH3 is 2. The lowest BCUT2D eigenvalue weighted by Gasteiger charge is -2.41. The van der Waals surface area contributed by atoms with Crippen molar-refractivity contribution in [3.8, 4) is 11.5 Å². The molecule has 1 aliphatic carbocycles. The molecule has 0 spiro atoms. The molecule has 3 aromatic rings. The largest absolute Gasteiger partial charge is 0.493 e. The quantitative estimate of drug-likeness (QED) is 0.459. The molecule has 1 aliphatic heterocycles. The molecule has 1 aromatic heterocycles. The monoisotopic (exact) mass is 505 g/mol. The fourth-order valence-corrected chi connectivity index (χ4v) is 6.96. The lowest BCUT2D eigenvalue weighted by molar-refractivity contribution is -0.114. The zero-order chi connectivity index (χ0) is 25.1. The van der Waals surface area contributed by atoms with E-state index < -0.39 is 0 Å². The highest BCUT2D eigenvalue weighted by molar-refractivity contribution is 7.16. The van der Waals surface area contributed by atoms with Crippen molar-refractivity contribution >= 4 is 27.9 Å². The number of benzene rings is 2. The third-order valence-electron chi connectivity index (χ3n) is 7.30. The summed E-state index contributed by atoms with van der Waals surface area (Å²) in [5.41, 5.74) is 5.14. The van der Waals surface area contributed by atoms with Gasteiger partial charge in [-0.2, -0.15) is 0 Å². The Labute approximate surface area is 217 Å². The summed E-state index contributed by atoms with van der Waals surface area (Å²) in [7, 11) is 3.35. The second kappa shape index (κ2) is 10.9. The van der Waals surface area contributed by atoms with E-state index in [1.165, 1.54) is 40.1 Å². The highest BCUT2D eigenvalue weighted by Gasteiger charge is 2.34. The van der Waals surface area contributed by atoms with Gasteiger partial charge in [0.05, 0.1) is 20.3 Å². The summed E-state index contributed by atoms with van der Waals surface area (Å²) in [6.07, 6.45) is 4.56. The minimum Gasteiger partial charge on any atom is -0.493 e. The van der Waals surface area contributed by atoms with Crippen LogP contribution < -0.4 is 19.7 Å². The van der Waals surface area contributed by atoms with Gasteiger partial charge in [0.15, 0.2) is 11.5 Å². The van der Waals surface area contributed by atoms with Crippen molar-refractivity contribution in [3.63, 3.8) is 0 Å². The van der Waals surface area contributed by atoms with E-state index in [2.05, 4.69) is 57.6 Å². The van der Waals surface area contributed by atoms with Crippen LogP contribution in [0.4, 0.5) is 10.7 Å². The van der Waals surface area contributed by atoms with E-state index in [0.717, 1.165) is 55.5 Å². The Bertz CT molecular complexity index is 1200. The molecule has 2 aliphatic rings. The first-order valence-corrected chi connectivity index (χ1v) is 13.6. The van der Waals surface area contributed by atoms with Crippen LogP contribution in [0, 0.1) is 0 Å². The molecule has 7 heteroatoms. The van der Waals surface area contributed by atoms with Crippen LogP contribution in [-0.4, -0.2) is 51.2 Å². The normalized spacial score (nSPS) is 16.8. The molecule has 0 saturated carbocycles. The smallest absolute Gasteiger partial charge is 0.221 e. The summed E-state index contributed by atoms with van der Waals surface area (Å²) in [4.78, 5) is 18.7. The number of aryl methyl sites for hydroxylation is 1. The molecular weight excluding hydrogens is 470 g/mol. The number of para-hydroxylation sites is 1. The summed E-state index contributed by atoms with van der Waals surface area (Å²) < 4.78 is 11.2. The van der Waals surface area contributed by atoms with Crippen molar-refractivity contribution in [2.24, 2.45) is 0 Å². The predicted octanol–water partition coefficient (Wildman–Crippen LogP) is 5.51. The van der Waals surface area contributed by atoms with Crippen molar-refractivity contribution < 1.29 is 14.3 Å². The number of fused-ring (bicyclic) bond motifs is 1. The molecule has 6 nitrogen and oxygen atoms in total. The molecule has 0 bridgehead atoms. The zero-order valence-electron chi connectivity index (χ0n) is 21.4. The van der Waals surface area contributed by atoms with Gasteiger partial charge >= 0.3 is 0 Å². The summed E-state index contributed by atoms with van der Waals surface area (Å²) in [5.74, 6) is 1.44. The van der Waals surface area contributed by atoms with Crippen molar-refractivity contribution in [1.82, 2.24) is 4.90 Å². The van der Waals surface area contributed by atoms with Crippen LogP contribution >= 0.6 is 11.3 Å². The van der Waals surface area contributed by atoms with Crippen LogP contribution in [0.3, 0.4) is 0 Å². The number of hydrogen-bond donors (Lipinski definition) is 1. The van der Waals surface area contributed by atoms with Crippen molar-refractivity contribution in [2.45, 2.75) is 38.6 Å². The Morgan fingerprint density at radius 3 is 2.36 bits per heavy atom. The maximum Gasteiger partial charge on any atom is 0.221 e. The Morgan fingerprint density at radius 2 is 1.67 bits per heavy atom. The number of piperazine rings is 1. The van der Waals surface area contributed by atoms with Crippen LogP contribution in [0.5, 0.6) is 11.5 Å². The number of hydrogen-bond acceptors (Lipinski definition) is 6. The molecule has 1 amide bonds. The van der Waals surface area contributed by atoms with E-state index in [4.69, 9.17) is 9.47 Å². The Hall–Kier alpha value is -3.03. The highest BCUT2D eigenvalue weighted by Crippen LogP contribution is 2.46. The zero-order valence-corrected chi connectivity index (χ0v) is 22.2. The molecule has 1 N–H and O–H groups in total. The van der Waals surface area contributed by atoms with E-state index in [-0.39, 0.29) is 11.9 Å². The second-order valence-electron chi connectivity index (χ2n) is 9.51. The Kier molecular flexibility index (Phi) is 7.48. The van der Waals surface area contributed by atoms with E-state index >= 15 is 0 Å². The minimum absolute atomic E-state index is 0.0187. The van der Waals surface area contributed by atoms with Gasteiger partial charge in [-0.05, 0) is 61.1 Å². The molecule has 1 atom stereocenters. The van der Waals surface area contributed by atoms with Gasteiger partial charge in [0, 0.05) is 49.2 Å². The van der Waals surface area contributed by atoms with Crippen LogP contribution in [0.2, 0.25) is 0 Å². The molecule has 190 valence electrons. The predicted molar refractivity (Wildman–Crippen MR) is 147 cm³/mol. The molecule has 36 heavy (non-hydrogen) atoms. The van der Waals surface area contributed by atoms with E-state index in [1.54, 1.807) is 32.5 Å². The van der Waals surface area contributed by atoms with E-state index in [0.29, 0.717) is 0 Å². The van der Waals surface area contributed by atoms with Gasteiger partial charge in [0.1, 0.15) is 5.00 Å². The summed E-state index contributed by atoms with van der Waals surface area (Å²) in [5, 5.41) is 4.19. The number of nitrogens with zero attached hydrogens (tertiary/aromatic N) is 2. The van der Waals surface area contributed by atoms with Crippen molar-refractivity contribution in [2.75, 3.05) is 50.6 Å². The Balaban J connectivity index is 1.56. The first-order chi connectivity index (χ1) is 17.6. The van der Waals surface area contributed by atoms with Crippen LogP contribution in [0.15, 0.2) is 48.5 Å². The average molecular weight is 506 g/mol. The van der Waals surface area contributed by atoms with E-state index in [1.807, 2.05) is 6.07 Å². The fourth-order valence-electron chi connectivity index (χ4n) is 5.59. The van der Waals surface area contributed by atoms with Crippen LogP contribution in [0.25, 0.3) is 0 Å². The molecule has 1 unspecified atom stereocenters. The second-order valence-corrected chi connectivity index (χ2v) is 10.6. The first-order valence-electron chi connectivity index (χ1n) is 12.8. The minimum atomic E-state index is -0.0187. The summed E-state index contributed by atoms with van der Waals surface area (Å²) in [6, 6.07) is 16.9. The SMILES string of the molecule is COc1ccc(C(c2c(NC(C)=O)sc3c2CCCC3)N2CCN(c3ccccc3)CC2)cc1OC. The first kappa shape index (κ1) is 24.7. The lowest BCUT2D eigenvalue weighted by atomic mass is 9.88. The van der Waals surface area contributed by atoms with Gasteiger partial charge in [0.25, 0.3) is 0 Å². The third kappa shape index (κ3) is 4.95. The highest BCUT2D eigenvalue weighted by atomic mass is 32.1. The van der Waals surface area contributed by atoms with E-state index in [9.17, 15) is 4.79 Å². The number of amides is 1. The molecule has 0 radical (unpaired) electrons. The van der Waals surface area contributed by atoms with Gasteiger partial charge in [0.2, 0.25) is 5.91 Å². The van der Waals surface area contributed by atoms with Gasteiger partial charge in [-0.15, -0.1) is 11.3 Å². The maximum absolute atomic E-state index is 12.2. The number of thiophene rings is 1. The van der Waals surface area contributed by atoms with Gasteiger partial charge in [-0.25, -0.2) is 0 Å². The molecule has 2 heterocycles. The van der Waals surface area contributed by atoms with Crippen LogP contribution in [-0.2, 0) is 17.6 Å². The summed E-state index contributed by atoms with van der Waals surface area (Å²) in [6.45, 7) is 5.37. The van der Waals surface area contributed by atoms with Crippen molar-refractivity contribution in [1.29, 1.82) is 0 Å². The average Bonchev–Trinajstić information content (AvgIpc) is 3.26. The van der Waals surface area contributed by atoms with Gasteiger partial charge in [-0.3, -0.25) is 9.69 Å². The van der Waals surface area contributed by atoms with Crippen LogP contribution in [0.1, 0.15) is 47.4 Å². The number of nitrogens with one attached hydrogen (secondary N) is 1. The topological polar surface area (TPSA) is 54.0 Å². The molecule has 5 rings (SSSR count). The molecule has 1 saturated heterocycles. The molecular formula is C29H35N3O3S. The molecule has 1 fully saturated rings. The summed E-state index contributed by atoms with van der Waals surface area (Å²) >= 11 is 1.77. The van der Waals surface area contributed by atoms with Gasteiger partial charge < -0.3 is 19.7 Å². The lowest BCUT2D eigenvalue weighted by Crippen LogP contribution is -2.48. The van der Waals surface area contributed by atoms with Gasteiger partial charge in [-0.1, -0.05) is 24.3 Å². The number of ether oxygens (including phenoxy) is 2. The molecule has 2 aromatic carbocycles. The maximum atomic E-state index is 12.2. The Morgan fingerprint density at radius 1 is 0.944 bits per heavy atom. The number of carbonyl (C=O) groups excluding carboxylic acids is 1. The number of rotatable bonds is 7. The fraction of sp³-hybridized carbons (Fsp3) is 0.414. The third-order valence-corrected chi connectivity index (χ3v) is 8.52. The number of carbonyl (C=O) groups is 1. The number of anilines is 2. The van der Waals surface area contributed by atoms with Crippen molar-refractivity contribution in [3.05, 3.63) is 70.1 Å². The standard InChI is InChI=1S/C29H35N3O3S/c1-20(33)30-29-27(23-11-7-8-12-26(23)36-29)28(21-13-14-24(34-2)25(19-21)35-3)32-17-15-31(16-18-32)22-9-5-4-6-10-22/h4-6,9-10,13-14,19,28H,7-8,11-12,15-18H2,1-3H3,(H,30,33).